The van der Waals surface area contributed by atoms with Gasteiger partial charge >= 0.3 is 5.97 Å². The Morgan fingerprint density at radius 1 is 1.08 bits per heavy atom. The monoisotopic (exact) mass is 374 g/mol. The predicted molar refractivity (Wildman–Crippen MR) is 95.5 cm³/mol. The molecule has 1 amide bonds. The number of amides is 1. The first-order valence-electron chi connectivity index (χ1n) is 8.02. The van der Waals surface area contributed by atoms with Crippen LogP contribution in [0.1, 0.15) is 33.6 Å². The van der Waals surface area contributed by atoms with Gasteiger partial charge in [0.05, 0.1) is 23.3 Å². The minimum atomic E-state index is -3.98. The molecule has 2 aromatic carbocycles. The van der Waals surface area contributed by atoms with Crippen LogP contribution in [-0.4, -0.2) is 33.4 Å². The summed E-state index contributed by atoms with van der Waals surface area (Å²) < 4.78 is 32.4. The van der Waals surface area contributed by atoms with E-state index in [2.05, 4.69) is 14.8 Å². The highest BCUT2D eigenvalue weighted by atomic mass is 32.2. The van der Waals surface area contributed by atoms with Crippen molar-refractivity contribution in [3.05, 3.63) is 59.7 Å². The number of hydrogen-bond donors (Lipinski definition) is 2. The fourth-order valence-corrected chi connectivity index (χ4v) is 3.49. The molecule has 2 aromatic rings. The average molecular weight is 374 g/mol. The molecule has 8 heteroatoms. The molecule has 1 aliphatic carbocycles. The van der Waals surface area contributed by atoms with Gasteiger partial charge in [0.1, 0.15) is 0 Å². The minimum absolute atomic E-state index is 0.0689. The fourth-order valence-electron chi connectivity index (χ4n) is 2.36. The number of carbonyl (C=O) groups excluding carboxylic acids is 2. The Hall–Kier alpha value is -2.87. The van der Waals surface area contributed by atoms with Gasteiger partial charge in [0.25, 0.3) is 15.9 Å². The number of anilines is 1. The van der Waals surface area contributed by atoms with Crippen LogP contribution in [-0.2, 0) is 14.8 Å². The molecule has 136 valence electrons. The van der Waals surface area contributed by atoms with Gasteiger partial charge in [-0.25, -0.2) is 13.2 Å². The maximum Gasteiger partial charge on any atom is 0.339 e. The molecule has 0 radical (unpaired) electrons. The molecular weight excluding hydrogens is 356 g/mol. The number of carbonyl (C=O) groups is 2. The number of hydrogen-bond acceptors (Lipinski definition) is 5. The summed E-state index contributed by atoms with van der Waals surface area (Å²) in [4.78, 5) is 23.9. The molecule has 0 bridgehead atoms. The van der Waals surface area contributed by atoms with Gasteiger partial charge in [0.2, 0.25) is 0 Å². The lowest BCUT2D eigenvalue weighted by atomic mass is 10.2. The van der Waals surface area contributed by atoms with Gasteiger partial charge in [-0.05, 0) is 43.2 Å². The van der Waals surface area contributed by atoms with E-state index in [-0.39, 0.29) is 33.7 Å². The highest BCUT2D eigenvalue weighted by Crippen LogP contribution is 2.22. The molecule has 0 heterocycles. The normalized spacial score (nSPS) is 13.7. The van der Waals surface area contributed by atoms with Crippen LogP contribution in [0.4, 0.5) is 5.69 Å². The largest absolute Gasteiger partial charge is 0.465 e. The van der Waals surface area contributed by atoms with Crippen LogP contribution in [0, 0.1) is 0 Å². The summed E-state index contributed by atoms with van der Waals surface area (Å²) >= 11 is 0. The summed E-state index contributed by atoms with van der Waals surface area (Å²) in [5.41, 5.74) is 0.467. The molecule has 26 heavy (non-hydrogen) atoms. The highest BCUT2D eigenvalue weighted by Gasteiger charge is 2.25. The van der Waals surface area contributed by atoms with Crippen molar-refractivity contribution in [1.29, 1.82) is 0 Å². The van der Waals surface area contributed by atoms with Crippen molar-refractivity contribution < 1.29 is 22.7 Å². The maximum absolute atomic E-state index is 12.7. The van der Waals surface area contributed by atoms with Gasteiger partial charge < -0.3 is 10.1 Å². The number of rotatable bonds is 6. The van der Waals surface area contributed by atoms with Crippen LogP contribution in [0.15, 0.2) is 53.4 Å². The van der Waals surface area contributed by atoms with E-state index in [1.54, 1.807) is 18.2 Å². The van der Waals surface area contributed by atoms with Crippen LogP contribution in [0.2, 0.25) is 0 Å². The molecule has 0 spiro atoms. The molecule has 3 rings (SSSR count). The van der Waals surface area contributed by atoms with Gasteiger partial charge in [-0.15, -0.1) is 0 Å². The Balaban J connectivity index is 1.87. The number of nitrogens with one attached hydrogen (secondary N) is 2. The van der Waals surface area contributed by atoms with Crippen molar-refractivity contribution in [2.75, 3.05) is 11.8 Å². The Kier molecular flexibility index (Phi) is 4.94. The SMILES string of the molecule is COC(=O)c1ccccc1NS(=O)(=O)c1cccc(C(=O)NC2CC2)c1. The Morgan fingerprint density at radius 2 is 1.81 bits per heavy atom. The van der Waals surface area contributed by atoms with Gasteiger partial charge in [-0.1, -0.05) is 18.2 Å². The Labute approximate surface area is 151 Å². The van der Waals surface area contributed by atoms with Crippen LogP contribution in [0.5, 0.6) is 0 Å². The average Bonchev–Trinajstić information content (AvgIpc) is 3.45. The number of sulfonamides is 1. The quantitative estimate of drug-likeness (QED) is 0.755. The van der Waals surface area contributed by atoms with Gasteiger partial charge in [-0.3, -0.25) is 9.52 Å². The molecule has 7 nitrogen and oxygen atoms in total. The molecule has 1 saturated carbocycles. The minimum Gasteiger partial charge on any atom is -0.465 e. The van der Waals surface area contributed by atoms with Crippen LogP contribution >= 0.6 is 0 Å². The standard InChI is InChI=1S/C18H18N2O5S/c1-25-18(22)15-7-2-3-8-16(15)20-26(23,24)14-6-4-5-12(11-14)17(21)19-13-9-10-13/h2-8,11,13,20H,9-10H2,1H3,(H,19,21). The van der Waals surface area contributed by atoms with Crippen molar-refractivity contribution in [3.8, 4) is 0 Å². The van der Waals surface area contributed by atoms with Crippen molar-refractivity contribution in [2.45, 2.75) is 23.8 Å². The summed E-state index contributed by atoms with van der Waals surface area (Å²) in [5.74, 6) is -0.958. The fraction of sp³-hybridized carbons (Fsp3) is 0.222. The first kappa shape index (κ1) is 17.9. The molecular formula is C18H18N2O5S. The molecule has 0 atom stereocenters. The van der Waals surface area contributed by atoms with E-state index < -0.39 is 16.0 Å². The van der Waals surface area contributed by atoms with Gasteiger partial charge in [0.15, 0.2) is 0 Å². The van der Waals surface area contributed by atoms with E-state index in [0.717, 1.165) is 12.8 Å². The first-order valence-corrected chi connectivity index (χ1v) is 9.50. The van der Waals surface area contributed by atoms with E-state index in [1.165, 1.54) is 37.4 Å². The Bertz CT molecular complexity index is 952. The zero-order valence-corrected chi connectivity index (χ0v) is 14.9. The second kappa shape index (κ2) is 7.17. The smallest absolute Gasteiger partial charge is 0.339 e. The molecule has 1 fully saturated rings. The van der Waals surface area contributed by atoms with Crippen LogP contribution in [0.25, 0.3) is 0 Å². The first-order chi connectivity index (χ1) is 12.4. The number of ether oxygens (including phenoxy) is 1. The van der Waals surface area contributed by atoms with Crippen molar-refractivity contribution in [1.82, 2.24) is 5.32 Å². The van der Waals surface area contributed by atoms with E-state index in [9.17, 15) is 18.0 Å². The lowest BCUT2D eigenvalue weighted by molar-refractivity contribution is 0.0601. The van der Waals surface area contributed by atoms with Crippen LogP contribution < -0.4 is 10.0 Å². The van der Waals surface area contributed by atoms with Crippen LogP contribution in [0.3, 0.4) is 0 Å². The van der Waals surface area contributed by atoms with E-state index in [4.69, 9.17) is 0 Å². The summed E-state index contributed by atoms with van der Waals surface area (Å²) in [7, 11) is -2.77. The number of benzene rings is 2. The predicted octanol–water partition coefficient (Wildman–Crippen LogP) is 2.17. The molecule has 0 aromatic heterocycles. The van der Waals surface area contributed by atoms with E-state index in [1.807, 2.05) is 0 Å². The Morgan fingerprint density at radius 3 is 2.50 bits per heavy atom. The lowest BCUT2D eigenvalue weighted by Crippen LogP contribution is -2.25. The molecule has 1 aliphatic rings. The molecule has 0 aliphatic heterocycles. The second-order valence-corrected chi connectivity index (χ2v) is 7.60. The van der Waals surface area contributed by atoms with E-state index >= 15 is 0 Å². The number of para-hydroxylation sites is 1. The van der Waals surface area contributed by atoms with Gasteiger partial charge in [-0.2, -0.15) is 0 Å². The number of esters is 1. The maximum atomic E-state index is 12.7. The summed E-state index contributed by atoms with van der Waals surface area (Å²) in [5, 5.41) is 2.81. The third-order valence-electron chi connectivity index (χ3n) is 3.90. The summed E-state index contributed by atoms with van der Waals surface area (Å²) in [6, 6.07) is 12.1. The summed E-state index contributed by atoms with van der Waals surface area (Å²) in [6.07, 6.45) is 1.88. The zero-order chi connectivity index (χ0) is 18.7. The molecule has 0 saturated heterocycles. The van der Waals surface area contributed by atoms with Crippen molar-refractivity contribution in [2.24, 2.45) is 0 Å². The molecule has 0 unspecified atom stereocenters. The summed E-state index contributed by atoms with van der Waals surface area (Å²) in [6.45, 7) is 0. The lowest BCUT2D eigenvalue weighted by Gasteiger charge is -2.12. The molecule has 2 N–H and O–H groups in total. The third kappa shape index (κ3) is 4.02. The van der Waals surface area contributed by atoms with Crippen molar-refractivity contribution in [3.63, 3.8) is 0 Å². The van der Waals surface area contributed by atoms with Gasteiger partial charge in [0, 0.05) is 11.6 Å². The highest BCUT2D eigenvalue weighted by molar-refractivity contribution is 7.92. The zero-order valence-electron chi connectivity index (χ0n) is 14.1. The second-order valence-electron chi connectivity index (χ2n) is 5.92. The van der Waals surface area contributed by atoms with E-state index in [0.29, 0.717) is 0 Å². The topological polar surface area (TPSA) is 102 Å². The third-order valence-corrected chi connectivity index (χ3v) is 5.26. The van der Waals surface area contributed by atoms with Crippen molar-refractivity contribution >= 4 is 27.6 Å². The number of methoxy groups -OCH3 is 1.